The fraction of sp³-hybridized carbons (Fsp3) is 0.667. The van der Waals surface area contributed by atoms with E-state index in [1.165, 1.54) is 16.7 Å². The van der Waals surface area contributed by atoms with Gasteiger partial charge in [-0.3, -0.25) is 0 Å². The Morgan fingerprint density at radius 2 is 1.90 bits per heavy atom. The van der Waals surface area contributed by atoms with Crippen molar-refractivity contribution in [3.8, 4) is 5.75 Å². The van der Waals surface area contributed by atoms with Crippen LogP contribution in [0.3, 0.4) is 0 Å². The Balaban J connectivity index is 2.48. The van der Waals surface area contributed by atoms with Gasteiger partial charge in [-0.05, 0) is 37.3 Å². The molecule has 2 heteroatoms. The average Bonchev–Trinajstić information content (AvgIpc) is 2.69. The van der Waals surface area contributed by atoms with E-state index < -0.39 is 0 Å². The minimum Gasteiger partial charge on any atom is -0.488 e. The standard InChI is InChI=1S/C18H29NO/c1-7-9-19-16-12(3)20-17-14(16)10-13(8-2)11-15(17)18(4,5)6/h10-12,16,19H,7-9H2,1-6H3. The van der Waals surface area contributed by atoms with Crippen LogP contribution < -0.4 is 10.1 Å². The molecule has 2 unspecified atom stereocenters. The summed E-state index contributed by atoms with van der Waals surface area (Å²) < 4.78 is 6.21. The van der Waals surface area contributed by atoms with Gasteiger partial charge in [0, 0.05) is 11.1 Å². The molecular weight excluding hydrogens is 246 g/mol. The molecule has 1 heterocycles. The van der Waals surface area contributed by atoms with Gasteiger partial charge >= 0.3 is 0 Å². The van der Waals surface area contributed by atoms with Crippen LogP contribution in [0.5, 0.6) is 5.75 Å². The van der Waals surface area contributed by atoms with E-state index in [4.69, 9.17) is 4.74 Å². The van der Waals surface area contributed by atoms with Crippen molar-refractivity contribution in [1.82, 2.24) is 5.32 Å². The number of rotatable bonds is 4. The van der Waals surface area contributed by atoms with Crippen LogP contribution in [0.4, 0.5) is 0 Å². The van der Waals surface area contributed by atoms with Crippen LogP contribution in [0.15, 0.2) is 12.1 Å². The number of benzene rings is 1. The maximum Gasteiger partial charge on any atom is 0.128 e. The van der Waals surface area contributed by atoms with Gasteiger partial charge in [0.25, 0.3) is 0 Å². The smallest absolute Gasteiger partial charge is 0.128 e. The molecule has 112 valence electrons. The van der Waals surface area contributed by atoms with E-state index in [-0.39, 0.29) is 11.5 Å². The van der Waals surface area contributed by atoms with Crippen molar-refractivity contribution >= 4 is 0 Å². The molecule has 0 aromatic heterocycles. The maximum absolute atomic E-state index is 6.21. The molecule has 0 bridgehead atoms. The molecule has 1 aliphatic rings. The summed E-state index contributed by atoms with van der Waals surface area (Å²) in [5, 5.41) is 3.64. The second-order valence-electron chi connectivity index (χ2n) is 6.92. The quantitative estimate of drug-likeness (QED) is 0.881. The minimum absolute atomic E-state index is 0.120. The average molecular weight is 275 g/mol. The van der Waals surface area contributed by atoms with Gasteiger partial charge in [0.15, 0.2) is 0 Å². The first-order chi connectivity index (χ1) is 9.38. The Hall–Kier alpha value is -1.02. The van der Waals surface area contributed by atoms with Gasteiger partial charge < -0.3 is 10.1 Å². The normalized spacial score (nSPS) is 21.7. The zero-order chi connectivity index (χ0) is 14.9. The zero-order valence-electron chi connectivity index (χ0n) is 13.8. The van der Waals surface area contributed by atoms with Crippen LogP contribution in [0, 0.1) is 0 Å². The molecule has 20 heavy (non-hydrogen) atoms. The second kappa shape index (κ2) is 5.77. The fourth-order valence-electron chi connectivity index (χ4n) is 2.92. The van der Waals surface area contributed by atoms with Crippen LogP contribution in [-0.4, -0.2) is 12.6 Å². The molecule has 0 saturated heterocycles. The molecule has 0 saturated carbocycles. The van der Waals surface area contributed by atoms with Crippen molar-refractivity contribution in [3.05, 3.63) is 28.8 Å². The molecule has 0 radical (unpaired) electrons. The molecule has 0 amide bonds. The van der Waals surface area contributed by atoms with Gasteiger partial charge in [0.05, 0.1) is 6.04 Å². The first-order valence-corrected chi connectivity index (χ1v) is 7.95. The largest absolute Gasteiger partial charge is 0.488 e. The van der Waals surface area contributed by atoms with E-state index in [9.17, 15) is 0 Å². The summed E-state index contributed by atoms with van der Waals surface area (Å²) in [6.45, 7) is 14.4. The second-order valence-corrected chi connectivity index (χ2v) is 6.92. The van der Waals surface area contributed by atoms with E-state index >= 15 is 0 Å². The highest BCUT2D eigenvalue weighted by Crippen LogP contribution is 2.44. The lowest BCUT2D eigenvalue weighted by Crippen LogP contribution is -2.29. The lowest BCUT2D eigenvalue weighted by atomic mass is 9.83. The summed E-state index contributed by atoms with van der Waals surface area (Å²) in [5.74, 6) is 1.12. The maximum atomic E-state index is 6.21. The molecule has 0 spiro atoms. The Labute approximate surface area is 123 Å². The summed E-state index contributed by atoms with van der Waals surface area (Å²) in [5.41, 5.74) is 4.23. The molecule has 2 atom stereocenters. The highest BCUT2D eigenvalue weighted by molar-refractivity contribution is 5.52. The number of hydrogen-bond acceptors (Lipinski definition) is 2. The number of nitrogens with one attached hydrogen (secondary N) is 1. The number of fused-ring (bicyclic) bond motifs is 1. The third-order valence-electron chi connectivity index (χ3n) is 4.12. The summed E-state index contributed by atoms with van der Waals surface area (Å²) in [6.07, 6.45) is 2.44. The number of ether oxygens (including phenoxy) is 1. The first-order valence-electron chi connectivity index (χ1n) is 7.95. The van der Waals surface area contributed by atoms with Crippen molar-refractivity contribution in [2.75, 3.05) is 6.54 Å². The van der Waals surface area contributed by atoms with Gasteiger partial charge in [-0.15, -0.1) is 0 Å². The Morgan fingerprint density at radius 3 is 2.45 bits per heavy atom. The monoisotopic (exact) mass is 275 g/mol. The molecule has 1 aromatic rings. The topological polar surface area (TPSA) is 21.3 Å². The van der Waals surface area contributed by atoms with E-state index in [0.29, 0.717) is 6.04 Å². The fourth-order valence-corrected chi connectivity index (χ4v) is 2.92. The van der Waals surface area contributed by atoms with Crippen LogP contribution in [-0.2, 0) is 11.8 Å². The molecular formula is C18H29NO. The van der Waals surface area contributed by atoms with Crippen LogP contribution >= 0.6 is 0 Å². The molecule has 1 aliphatic heterocycles. The van der Waals surface area contributed by atoms with Crippen LogP contribution in [0.25, 0.3) is 0 Å². The summed E-state index contributed by atoms with van der Waals surface area (Å²) in [4.78, 5) is 0. The molecule has 2 rings (SSSR count). The summed E-state index contributed by atoms with van der Waals surface area (Å²) >= 11 is 0. The number of aryl methyl sites for hydroxylation is 1. The number of hydrogen-bond donors (Lipinski definition) is 1. The molecule has 0 aliphatic carbocycles. The molecule has 0 fully saturated rings. The summed E-state index contributed by atoms with van der Waals surface area (Å²) in [6, 6.07) is 4.99. The predicted octanol–water partition coefficient (Wildman–Crippen LogP) is 4.37. The van der Waals surface area contributed by atoms with E-state index in [1.54, 1.807) is 0 Å². The molecule has 2 nitrogen and oxygen atoms in total. The van der Waals surface area contributed by atoms with Crippen molar-refractivity contribution < 1.29 is 4.74 Å². The highest BCUT2D eigenvalue weighted by atomic mass is 16.5. The van der Waals surface area contributed by atoms with E-state index in [0.717, 1.165) is 25.1 Å². The van der Waals surface area contributed by atoms with Crippen LogP contribution in [0.1, 0.15) is 70.7 Å². The molecule has 1 aromatic carbocycles. The zero-order valence-corrected chi connectivity index (χ0v) is 13.8. The van der Waals surface area contributed by atoms with Crippen molar-refractivity contribution in [3.63, 3.8) is 0 Å². The van der Waals surface area contributed by atoms with Crippen molar-refractivity contribution in [2.45, 2.75) is 71.9 Å². The van der Waals surface area contributed by atoms with Gasteiger partial charge in [-0.2, -0.15) is 0 Å². The predicted molar refractivity (Wildman–Crippen MR) is 85.6 cm³/mol. The van der Waals surface area contributed by atoms with Gasteiger partial charge in [-0.25, -0.2) is 0 Å². The van der Waals surface area contributed by atoms with Gasteiger partial charge in [0.2, 0.25) is 0 Å². The Bertz CT molecular complexity index is 473. The Morgan fingerprint density at radius 1 is 1.20 bits per heavy atom. The lowest BCUT2D eigenvalue weighted by molar-refractivity contribution is 0.206. The van der Waals surface area contributed by atoms with Crippen molar-refractivity contribution in [1.29, 1.82) is 0 Å². The minimum atomic E-state index is 0.120. The Kier molecular flexibility index (Phi) is 4.43. The van der Waals surface area contributed by atoms with E-state index in [1.807, 2.05) is 0 Å². The lowest BCUT2D eigenvalue weighted by Gasteiger charge is -2.23. The third kappa shape index (κ3) is 2.85. The summed E-state index contributed by atoms with van der Waals surface area (Å²) in [7, 11) is 0. The van der Waals surface area contributed by atoms with Gasteiger partial charge in [-0.1, -0.05) is 46.8 Å². The molecule has 1 N–H and O–H groups in total. The highest BCUT2D eigenvalue weighted by Gasteiger charge is 2.35. The van der Waals surface area contributed by atoms with Gasteiger partial charge in [0.1, 0.15) is 11.9 Å². The van der Waals surface area contributed by atoms with Crippen molar-refractivity contribution in [2.24, 2.45) is 0 Å². The van der Waals surface area contributed by atoms with E-state index in [2.05, 4.69) is 59.0 Å². The van der Waals surface area contributed by atoms with Crippen LogP contribution in [0.2, 0.25) is 0 Å². The third-order valence-corrected chi connectivity index (χ3v) is 4.12. The SMILES string of the molecule is CCCNC1c2cc(CC)cc(C(C)(C)C)c2OC1C. The first kappa shape index (κ1) is 15.4.